The van der Waals surface area contributed by atoms with Crippen molar-refractivity contribution >= 4 is 21.8 Å². The zero-order chi connectivity index (χ0) is 21.8. The molecule has 0 unspecified atom stereocenters. The molecule has 0 saturated carbocycles. The molecule has 0 radical (unpaired) electrons. The molecular weight excluding hydrogens is 408 g/mol. The van der Waals surface area contributed by atoms with E-state index in [2.05, 4.69) is 88.3 Å². The predicted molar refractivity (Wildman–Crippen MR) is 129 cm³/mol. The van der Waals surface area contributed by atoms with E-state index in [1.165, 1.54) is 44.1 Å². The van der Waals surface area contributed by atoms with Crippen molar-refractivity contribution in [2.45, 2.75) is 25.9 Å². The Morgan fingerprint density at radius 3 is 2.64 bits per heavy atom. The zero-order valence-electron chi connectivity index (χ0n) is 18.5. The Balaban J connectivity index is 1.31. The van der Waals surface area contributed by atoms with E-state index < -0.39 is 0 Å². The molecule has 4 nitrogen and oxygen atoms in total. The second kappa shape index (κ2) is 7.38. The molecule has 0 fully saturated rings. The number of rotatable bonds is 4. The van der Waals surface area contributed by atoms with E-state index in [0.717, 1.165) is 50.6 Å². The number of para-hydroxylation sites is 2. The van der Waals surface area contributed by atoms with E-state index in [4.69, 9.17) is 9.47 Å². The third kappa shape index (κ3) is 3.09. The average Bonchev–Trinajstić information content (AvgIpc) is 3.58. The van der Waals surface area contributed by atoms with Crippen LogP contribution in [-0.2, 0) is 25.9 Å². The lowest BCUT2D eigenvalue weighted by Gasteiger charge is -2.11. The third-order valence-electron chi connectivity index (χ3n) is 7.03. The Bertz CT molecular complexity index is 1500. The lowest BCUT2D eigenvalue weighted by molar-refractivity contribution is -0.663. The average molecular weight is 434 g/mol. The summed E-state index contributed by atoms with van der Waals surface area (Å²) >= 11 is 0. The van der Waals surface area contributed by atoms with Crippen LogP contribution >= 0.6 is 0 Å². The standard InChI is InChI=1S/C29H25N2O2/c1-2-6-22-15-20(9-10-21(22)5-1)17-30-19-31(27-8-4-3-7-26(27)30)18-25-24-12-14-32-28(24)16-23-11-13-33-29(23)25/h1-10,15-16,19H,11-14,17-18H2/q+1. The van der Waals surface area contributed by atoms with Crippen molar-refractivity contribution in [3.05, 3.63) is 101 Å². The van der Waals surface area contributed by atoms with Gasteiger partial charge in [-0.15, -0.1) is 0 Å². The topological polar surface area (TPSA) is 27.3 Å². The minimum atomic E-state index is 0.764. The van der Waals surface area contributed by atoms with E-state index in [-0.39, 0.29) is 0 Å². The Morgan fingerprint density at radius 1 is 0.818 bits per heavy atom. The van der Waals surface area contributed by atoms with Gasteiger partial charge in [-0.25, -0.2) is 9.13 Å². The van der Waals surface area contributed by atoms with Gasteiger partial charge in [-0.2, -0.15) is 0 Å². The van der Waals surface area contributed by atoms with Crippen molar-refractivity contribution in [2.75, 3.05) is 13.2 Å². The first-order chi connectivity index (χ1) is 16.3. The molecule has 33 heavy (non-hydrogen) atoms. The van der Waals surface area contributed by atoms with Crippen LogP contribution in [-0.4, -0.2) is 17.8 Å². The largest absolute Gasteiger partial charge is 0.493 e. The molecule has 0 spiro atoms. The number of hydrogen-bond acceptors (Lipinski definition) is 2. The summed E-state index contributed by atoms with van der Waals surface area (Å²) in [6, 6.07) is 26.2. The lowest BCUT2D eigenvalue weighted by atomic mass is 9.99. The van der Waals surface area contributed by atoms with Crippen LogP contribution in [0, 0.1) is 0 Å². The van der Waals surface area contributed by atoms with Gasteiger partial charge < -0.3 is 9.47 Å². The minimum Gasteiger partial charge on any atom is -0.493 e. The summed E-state index contributed by atoms with van der Waals surface area (Å²) in [6.45, 7) is 3.16. The van der Waals surface area contributed by atoms with E-state index in [1.54, 1.807) is 0 Å². The Kier molecular flexibility index (Phi) is 4.19. The minimum absolute atomic E-state index is 0.764. The molecule has 4 heteroatoms. The zero-order valence-corrected chi connectivity index (χ0v) is 18.5. The maximum absolute atomic E-state index is 6.11. The van der Waals surface area contributed by atoms with Crippen molar-refractivity contribution in [1.29, 1.82) is 0 Å². The first-order valence-corrected chi connectivity index (χ1v) is 11.7. The van der Waals surface area contributed by atoms with Crippen molar-refractivity contribution in [3.63, 3.8) is 0 Å². The molecule has 4 aromatic carbocycles. The molecule has 0 atom stereocenters. The number of nitrogens with zero attached hydrogens (tertiary/aromatic N) is 2. The normalized spacial score (nSPS) is 14.3. The summed E-state index contributed by atoms with van der Waals surface area (Å²) in [5.74, 6) is 2.13. The molecule has 1 aromatic heterocycles. The Labute approximate surface area is 192 Å². The summed E-state index contributed by atoms with van der Waals surface area (Å²) in [7, 11) is 0. The number of hydrogen-bond donors (Lipinski definition) is 0. The van der Waals surface area contributed by atoms with Crippen molar-refractivity contribution < 1.29 is 14.0 Å². The highest BCUT2D eigenvalue weighted by Crippen LogP contribution is 2.41. The second-order valence-electron chi connectivity index (χ2n) is 9.06. The molecule has 7 rings (SSSR count). The van der Waals surface area contributed by atoms with Crippen LogP contribution in [0.5, 0.6) is 11.5 Å². The fourth-order valence-corrected chi connectivity index (χ4v) is 5.45. The lowest BCUT2D eigenvalue weighted by Crippen LogP contribution is -2.32. The number of fused-ring (bicyclic) bond motifs is 4. The number of imidazole rings is 1. The van der Waals surface area contributed by atoms with E-state index in [0.29, 0.717) is 0 Å². The molecule has 0 amide bonds. The van der Waals surface area contributed by atoms with Crippen molar-refractivity contribution in [3.8, 4) is 11.5 Å². The van der Waals surface area contributed by atoms with Gasteiger partial charge in [0.1, 0.15) is 24.6 Å². The maximum Gasteiger partial charge on any atom is 0.245 e. The highest BCUT2D eigenvalue weighted by atomic mass is 16.5. The molecule has 3 heterocycles. The molecular formula is C29H25N2O2+. The Morgan fingerprint density at radius 2 is 1.67 bits per heavy atom. The van der Waals surface area contributed by atoms with Gasteiger partial charge in [0.05, 0.1) is 13.2 Å². The number of ether oxygens (including phenoxy) is 2. The highest BCUT2D eigenvalue weighted by Gasteiger charge is 2.28. The van der Waals surface area contributed by atoms with Gasteiger partial charge in [0.2, 0.25) is 6.33 Å². The summed E-state index contributed by atoms with van der Waals surface area (Å²) < 4.78 is 16.8. The molecule has 5 aromatic rings. The maximum atomic E-state index is 6.11. The summed E-state index contributed by atoms with van der Waals surface area (Å²) in [4.78, 5) is 0. The molecule has 0 N–H and O–H groups in total. The molecule has 162 valence electrons. The van der Waals surface area contributed by atoms with Gasteiger partial charge in [0.25, 0.3) is 0 Å². The molecule has 0 saturated heterocycles. The smallest absolute Gasteiger partial charge is 0.245 e. The van der Waals surface area contributed by atoms with Gasteiger partial charge >= 0.3 is 0 Å². The van der Waals surface area contributed by atoms with E-state index in [9.17, 15) is 0 Å². The first kappa shape index (κ1) is 18.8. The predicted octanol–water partition coefficient (Wildman–Crippen LogP) is 5.05. The molecule has 2 aliphatic rings. The van der Waals surface area contributed by atoms with Gasteiger partial charge in [0, 0.05) is 29.5 Å². The van der Waals surface area contributed by atoms with Crippen LogP contribution in [0.3, 0.4) is 0 Å². The summed E-state index contributed by atoms with van der Waals surface area (Å²) in [6.07, 6.45) is 4.18. The molecule has 2 aliphatic heterocycles. The fourth-order valence-electron chi connectivity index (χ4n) is 5.45. The number of benzene rings is 4. The van der Waals surface area contributed by atoms with Gasteiger partial charge in [-0.3, -0.25) is 0 Å². The van der Waals surface area contributed by atoms with Crippen LogP contribution in [0.25, 0.3) is 21.8 Å². The molecule has 0 bridgehead atoms. The van der Waals surface area contributed by atoms with Gasteiger partial charge in [-0.05, 0) is 40.6 Å². The highest BCUT2D eigenvalue weighted by molar-refractivity contribution is 5.83. The monoisotopic (exact) mass is 433 g/mol. The SMILES string of the molecule is c1ccc2cc(C[n+]3cn(Cc4c5c(cc6c4OCC6)OCC5)c4ccccc43)ccc2c1. The van der Waals surface area contributed by atoms with Crippen LogP contribution in [0.15, 0.2) is 79.1 Å². The molecule has 0 aliphatic carbocycles. The van der Waals surface area contributed by atoms with Crippen LogP contribution < -0.4 is 14.0 Å². The Hall–Kier alpha value is -3.79. The van der Waals surface area contributed by atoms with Crippen LogP contribution in [0.2, 0.25) is 0 Å². The second-order valence-corrected chi connectivity index (χ2v) is 9.06. The van der Waals surface area contributed by atoms with Crippen molar-refractivity contribution in [1.82, 2.24) is 4.57 Å². The quantitative estimate of drug-likeness (QED) is 0.371. The van der Waals surface area contributed by atoms with Gasteiger partial charge in [-0.1, -0.05) is 48.5 Å². The summed E-state index contributed by atoms with van der Waals surface area (Å²) in [5.41, 5.74) is 7.67. The first-order valence-electron chi connectivity index (χ1n) is 11.7. The van der Waals surface area contributed by atoms with E-state index >= 15 is 0 Å². The van der Waals surface area contributed by atoms with Gasteiger partial charge in [0.15, 0.2) is 11.0 Å². The van der Waals surface area contributed by atoms with Crippen LogP contribution in [0.1, 0.15) is 22.3 Å². The van der Waals surface area contributed by atoms with E-state index in [1.807, 2.05) is 0 Å². The third-order valence-corrected chi connectivity index (χ3v) is 7.03. The summed E-state index contributed by atoms with van der Waals surface area (Å²) in [5, 5.41) is 2.56. The van der Waals surface area contributed by atoms with Crippen LogP contribution in [0.4, 0.5) is 0 Å². The van der Waals surface area contributed by atoms with Crippen molar-refractivity contribution in [2.24, 2.45) is 0 Å². The fraction of sp³-hybridized carbons (Fsp3) is 0.207. The number of aromatic nitrogens is 2.